The molecule has 0 bridgehead atoms. The summed E-state index contributed by atoms with van der Waals surface area (Å²) in [6, 6.07) is 5.38. The van der Waals surface area contributed by atoms with E-state index < -0.39 is 5.82 Å². The first-order chi connectivity index (χ1) is 10.1. The maximum Gasteiger partial charge on any atom is 0.152 e. The van der Waals surface area contributed by atoms with Crippen molar-refractivity contribution < 1.29 is 4.39 Å². The van der Waals surface area contributed by atoms with Gasteiger partial charge in [-0.2, -0.15) is 10.4 Å². The van der Waals surface area contributed by atoms with Crippen LogP contribution in [0.15, 0.2) is 18.3 Å². The molecule has 108 valence electrons. The first-order valence-electron chi connectivity index (χ1n) is 6.79. The van der Waals surface area contributed by atoms with Crippen molar-refractivity contribution in [3.8, 4) is 17.3 Å². The zero-order valence-corrected chi connectivity index (χ0v) is 12.4. The van der Waals surface area contributed by atoms with Gasteiger partial charge in [-0.1, -0.05) is 11.6 Å². The molecule has 0 N–H and O–H groups in total. The lowest BCUT2D eigenvalue weighted by Gasteiger charge is -2.21. The summed E-state index contributed by atoms with van der Waals surface area (Å²) in [4.78, 5) is 2.09. The zero-order valence-electron chi connectivity index (χ0n) is 11.6. The SMILES string of the molecule is Cn1nccc1-c1c(F)c(Cl)cc(N2CCCC2)c1C#N. The highest BCUT2D eigenvalue weighted by atomic mass is 35.5. The maximum atomic E-state index is 14.5. The lowest BCUT2D eigenvalue weighted by Crippen LogP contribution is -2.19. The highest BCUT2D eigenvalue weighted by Gasteiger charge is 2.25. The van der Waals surface area contributed by atoms with E-state index in [0.29, 0.717) is 16.9 Å². The molecule has 1 aromatic carbocycles. The van der Waals surface area contributed by atoms with Crippen LogP contribution in [0.4, 0.5) is 10.1 Å². The largest absolute Gasteiger partial charge is 0.370 e. The highest BCUT2D eigenvalue weighted by molar-refractivity contribution is 6.31. The monoisotopic (exact) mass is 304 g/mol. The Morgan fingerprint density at radius 3 is 2.67 bits per heavy atom. The summed E-state index contributed by atoms with van der Waals surface area (Å²) in [7, 11) is 1.71. The van der Waals surface area contributed by atoms with Crippen molar-refractivity contribution in [2.45, 2.75) is 12.8 Å². The molecule has 0 amide bonds. The number of aryl methyl sites for hydroxylation is 1. The third-order valence-corrected chi connectivity index (χ3v) is 4.11. The van der Waals surface area contributed by atoms with Gasteiger partial charge in [0.25, 0.3) is 0 Å². The van der Waals surface area contributed by atoms with E-state index in [2.05, 4.69) is 16.1 Å². The van der Waals surface area contributed by atoms with Gasteiger partial charge in [0.15, 0.2) is 5.82 Å². The van der Waals surface area contributed by atoms with Gasteiger partial charge in [-0.05, 0) is 25.0 Å². The quantitative estimate of drug-likeness (QED) is 0.854. The van der Waals surface area contributed by atoms with E-state index in [1.165, 1.54) is 0 Å². The first-order valence-corrected chi connectivity index (χ1v) is 7.16. The molecule has 21 heavy (non-hydrogen) atoms. The number of benzene rings is 1. The number of rotatable bonds is 2. The average molecular weight is 305 g/mol. The lowest BCUT2D eigenvalue weighted by atomic mass is 10.0. The lowest BCUT2D eigenvalue weighted by molar-refractivity contribution is 0.627. The van der Waals surface area contributed by atoms with Crippen molar-refractivity contribution in [3.63, 3.8) is 0 Å². The van der Waals surface area contributed by atoms with E-state index in [0.717, 1.165) is 25.9 Å². The van der Waals surface area contributed by atoms with E-state index in [-0.39, 0.29) is 10.6 Å². The summed E-state index contributed by atoms with van der Waals surface area (Å²) in [5, 5.41) is 13.6. The van der Waals surface area contributed by atoms with Crippen LogP contribution in [-0.2, 0) is 7.05 Å². The van der Waals surface area contributed by atoms with Crippen LogP contribution in [0.5, 0.6) is 0 Å². The summed E-state index contributed by atoms with van der Waals surface area (Å²) in [6.45, 7) is 1.73. The number of halogens is 2. The second-order valence-electron chi connectivity index (χ2n) is 5.09. The fourth-order valence-electron chi connectivity index (χ4n) is 2.79. The molecule has 1 fully saturated rings. The molecule has 1 aliphatic rings. The van der Waals surface area contributed by atoms with Gasteiger partial charge >= 0.3 is 0 Å². The van der Waals surface area contributed by atoms with Gasteiger partial charge in [-0.15, -0.1) is 0 Å². The fourth-order valence-corrected chi connectivity index (χ4v) is 2.99. The molecule has 4 nitrogen and oxygen atoms in total. The van der Waals surface area contributed by atoms with Gasteiger partial charge in [0.1, 0.15) is 6.07 Å². The van der Waals surface area contributed by atoms with Crippen molar-refractivity contribution in [3.05, 3.63) is 34.7 Å². The standard InChI is InChI=1S/C15H14ClFN4/c1-20-12(4-5-19-20)14-10(9-18)13(8-11(16)15(14)17)21-6-2-3-7-21/h4-5,8H,2-3,6-7H2,1H3. The Balaban J connectivity index is 2.27. The molecule has 0 aliphatic carbocycles. The van der Waals surface area contributed by atoms with Crippen molar-refractivity contribution >= 4 is 17.3 Å². The molecule has 3 rings (SSSR count). The predicted octanol–water partition coefficient (Wildman–Crippen LogP) is 3.35. The third-order valence-electron chi connectivity index (χ3n) is 3.83. The number of aromatic nitrogens is 2. The minimum absolute atomic E-state index is 0.0344. The minimum atomic E-state index is -0.570. The Morgan fingerprint density at radius 2 is 2.10 bits per heavy atom. The maximum absolute atomic E-state index is 14.5. The smallest absolute Gasteiger partial charge is 0.152 e. The van der Waals surface area contributed by atoms with E-state index in [1.54, 1.807) is 30.1 Å². The second kappa shape index (κ2) is 5.38. The number of nitrogens with zero attached hydrogens (tertiary/aromatic N) is 4. The van der Waals surface area contributed by atoms with Gasteiger partial charge in [-0.3, -0.25) is 4.68 Å². The Kier molecular flexibility index (Phi) is 3.56. The number of nitriles is 1. The molecule has 1 saturated heterocycles. The number of anilines is 1. The van der Waals surface area contributed by atoms with Crippen molar-refractivity contribution in [1.82, 2.24) is 9.78 Å². The molecule has 2 aromatic rings. The average Bonchev–Trinajstić information content (AvgIpc) is 3.12. The van der Waals surface area contributed by atoms with Gasteiger partial charge in [-0.25, -0.2) is 4.39 Å². The minimum Gasteiger partial charge on any atom is -0.370 e. The molecule has 1 aliphatic heterocycles. The van der Waals surface area contributed by atoms with Crippen LogP contribution in [0.2, 0.25) is 5.02 Å². The van der Waals surface area contributed by atoms with Gasteiger partial charge in [0, 0.05) is 26.3 Å². The van der Waals surface area contributed by atoms with E-state index in [4.69, 9.17) is 11.6 Å². The van der Waals surface area contributed by atoms with E-state index in [9.17, 15) is 9.65 Å². The Morgan fingerprint density at radius 1 is 1.38 bits per heavy atom. The molecular formula is C15H14ClFN4. The van der Waals surface area contributed by atoms with Gasteiger partial charge < -0.3 is 4.90 Å². The van der Waals surface area contributed by atoms with Crippen LogP contribution in [0.1, 0.15) is 18.4 Å². The second-order valence-corrected chi connectivity index (χ2v) is 5.49. The summed E-state index contributed by atoms with van der Waals surface area (Å²) in [5.41, 5.74) is 1.80. The zero-order chi connectivity index (χ0) is 15.0. The molecule has 0 atom stereocenters. The molecule has 1 aromatic heterocycles. The van der Waals surface area contributed by atoms with Crippen LogP contribution < -0.4 is 4.90 Å². The Bertz CT molecular complexity index is 726. The third kappa shape index (κ3) is 2.26. The highest BCUT2D eigenvalue weighted by Crippen LogP contribution is 2.38. The molecule has 0 spiro atoms. The predicted molar refractivity (Wildman–Crippen MR) is 79.8 cm³/mol. The molecule has 0 radical (unpaired) electrons. The van der Waals surface area contributed by atoms with E-state index >= 15 is 0 Å². The fraction of sp³-hybridized carbons (Fsp3) is 0.333. The first kappa shape index (κ1) is 13.9. The summed E-state index contributed by atoms with van der Waals surface area (Å²) in [5.74, 6) is -0.570. The Hall–Kier alpha value is -2.06. The molecule has 6 heteroatoms. The van der Waals surface area contributed by atoms with Crippen LogP contribution in [-0.4, -0.2) is 22.9 Å². The van der Waals surface area contributed by atoms with Crippen molar-refractivity contribution in [2.24, 2.45) is 7.05 Å². The topological polar surface area (TPSA) is 44.9 Å². The summed E-state index contributed by atoms with van der Waals surface area (Å²) < 4.78 is 16.1. The van der Waals surface area contributed by atoms with Crippen LogP contribution in [0.3, 0.4) is 0 Å². The van der Waals surface area contributed by atoms with Crippen LogP contribution in [0.25, 0.3) is 11.3 Å². The van der Waals surface area contributed by atoms with Crippen molar-refractivity contribution in [1.29, 1.82) is 5.26 Å². The summed E-state index contributed by atoms with van der Waals surface area (Å²) >= 11 is 6.05. The number of hydrogen-bond donors (Lipinski definition) is 0. The van der Waals surface area contributed by atoms with Crippen LogP contribution in [0, 0.1) is 17.1 Å². The molecular weight excluding hydrogens is 291 g/mol. The van der Waals surface area contributed by atoms with E-state index in [1.807, 2.05) is 0 Å². The molecule has 0 unspecified atom stereocenters. The van der Waals surface area contributed by atoms with Crippen molar-refractivity contribution in [2.75, 3.05) is 18.0 Å². The Labute approximate surface area is 127 Å². The normalized spacial score (nSPS) is 14.5. The van der Waals surface area contributed by atoms with Crippen LogP contribution >= 0.6 is 11.6 Å². The molecule has 2 heterocycles. The summed E-state index contributed by atoms with van der Waals surface area (Å²) in [6.07, 6.45) is 3.72. The number of hydrogen-bond acceptors (Lipinski definition) is 3. The molecule has 0 saturated carbocycles. The van der Waals surface area contributed by atoms with Gasteiger partial charge in [0.2, 0.25) is 0 Å². The van der Waals surface area contributed by atoms with Gasteiger partial charge in [0.05, 0.1) is 27.5 Å².